The SMILES string of the molecule is CCn1c(SC(C)C(=O)NCCC2=CCCCC2)nnc1-c1ccccc1. The molecule has 0 spiro atoms. The first-order chi connectivity index (χ1) is 13.2. The fourth-order valence-electron chi connectivity index (χ4n) is 3.30. The summed E-state index contributed by atoms with van der Waals surface area (Å²) in [5.74, 6) is 0.903. The molecular formula is C21H28N4OS. The zero-order valence-electron chi connectivity index (χ0n) is 16.1. The smallest absolute Gasteiger partial charge is 0.233 e. The Morgan fingerprint density at radius 2 is 2.07 bits per heavy atom. The molecule has 0 aliphatic heterocycles. The van der Waals surface area contributed by atoms with Crippen LogP contribution in [-0.2, 0) is 11.3 Å². The minimum atomic E-state index is -0.205. The minimum Gasteiger partial charge on any atom is -0.355 e. The molecule has 1 unspecified atom stereocenters. The van der Waals surface area contributed by atoms with Crippen LogP contribution in [-0.4, -0.2) is 32.5 Å². The van der Waals surface area contributed by atoms with Crippen LogP contribution in [0.3, 0.4) is 0 Å². The Hall–Kier alpha value is -2.08. The van der Waals surface area contributed by atoms with Crippen LogP contribution in [0.5, 0.6) is 0 Å². The number of carbonyl (C=O) groups is 1. The summed E-state index contributed by atoms with van der Waals surface area (Å²) >= 11 is 1.47. The van der Waals surface area contributed by atoms with Crippen LogP contribution in [0.4, 0.5) is 0 Å². The largest absolute Gasteiger partial charge is 0.355 e. The number of thioether (sulfide) groups is 1. The standard InChI is InChI=1S/C21H28N4OS/c1-3-25-19(18-12-8-5-9-13-18)23-24-21(25)27-16(2)20(26)22-15-14-17-10-6-4-7-11-17/h5,8-10,12-13,16H,3-4,6-7,11,14-15H2,1-2H3,(H,22,26). The molecular weight excluding hydrogens is 356 g/mol. The van der Waals surface area contributed by atoms with Gasteiger partial charge in [0.15, 0.2) is 11.0 Å². The van der Waals surface area contributed by atoms with Gasteiger partial charge in [-0.1, -0.05) is 53.7 Å². The molecule has 1 aliphatic carbocycles. The molecule has 6 heteroatoms. The van der Waals surface area contributed by atoms with E-state index in [4.69, 9.17) is 0 Å². The predicted molar refractivity (Wildman–Crippen MR) is 111 cm³/mol. The number of hydrogen-bond donors (Lipinski definition) is 1. The Kier molecular flexibility index (Phi) is 7.10. The normalized spacial score (nSPS) is 15.3. The lowest BCUT2D eigenvalue weighted by atomic mass is 9.97. The summed E-state index contributed by atoms with van der Waals surface area (Å²) in [5.41, 5.74) is 2.52. The maximum atomic E-state index is 12.5. The van der Waals surface area contributed by atoms with Gasteiger partial charge in [0.25, 0.3) is 0 Å². The van der Waals surface area contributed by atoms with Gasteiger partial charge in [0, 0.05) is 18.7 Å². The van der Waals surface area contributed by atoms with E-state index in [1.54, 1.807) is 0 Å². The maximum absolute atomic E-state index is 12.5. The highest BCUT2D eigenvalue weighted by molar-refractivity contribution is 8.00. The van der Waals surface area contributed by atoms with Crippen molar-refractivity contribution in [2.24, 2.45) is 0 Å². The van der Waals surface area contributed by atoms with Crippen molar-refractivity contribution in [3.63, 3.8) is 0 Å². The van der Waals surface area contributed by atoms with E-state index in [2.05, 4.69) is 33.1 Å². The molecule has 1 N–H and O–H groups in total. The number of aromatic nitrogens is 3. The topological polar surface area (TPSA) is 59.8 Å². The molecule has 0 saturated heterocycles. The van der Waals surface area contributed by atoms with Crippen molar-refractivity contribution in [2.45, 2.75) is 62.9 Å². The summed E-state index contributed by atoms with van der Waals surface area (Å²) < 4.78 is 2.07. The molecule has 27 heavy (non-hydrogen) atoms. The van der Waals surface area contributed by atoms with E-state index < -0.39 is 0 Å². The van der Waals surface area contributed by atoms with E-state index in [-0.39, 0.29) is 11.2 Å². The third-order valence-corrected chi connectivity index (χ3v) is 5.93. The Balaban J connectivity index is 1.57. The van der Waals surface area contributed by atoms with E-state index in [0.29, 0.717) is 6.54 Å². The molecule has 0 fully saturated rings. The molecule has 0 radical (unpaired) electrons. The number of hydrogen-bond acceptors (Lipinski definition) is 4. The molecule has 0 bridgehead atoms. The number of rotatable bonds is 8. The summed E-state index contributed by atoms with van der Waals surface area (Å²) in [6.07, 6.45) is 8.25. The van der Waals surface area contributed by atoms with Crippen molar-refractivity contribution in [3.8, 4) is 11.4 Å². The van der Waals surface area contributed by atoms with E-state index in [0.717, 1.165) is 29.5 Å². The number of nitrogens with zero attached hydrogens (tertiary/aromatic N) is 3. The number of carbonyl (C=O) groups excluding carboxylic acids is 1. The molecule has 144 valence electrons. The predicted octanol–water partition coefficient (Wildman–Crippen LogP) is 4.45. The monoisotopic (exact) mass is 384 g/mol. The lowest BCUT2D eigenvalue weighted by Crippen LogP contribution is -2.32. The molecule has 1 aromatic carbocycles. The van der Waals surface area contributed by atoms with E-state index >= 15 is 0 Å². The Morgan fingerprint density at radius 3 is 2.78 bits per heavy atom. The second-order valence-corrected chi connectivity index (χ2v) is 8.13. The maximum Gasteiger partial charge on any atom is 0.233 e. The van der Waals surface area contributed by atoms with Gasteiger partial charge >= 0.3 is 0 Å². The number of amides is 1. The fraction of sp³-hybridized carbons (Fsp3) is 0.476. The van der Waals surface area contributed by atoms with Crippen LogP contribution in [0, 0.1) is 0 Å². The van der Waals surface area contributed by atoms with Crippen LogP contribution in [0.15, 0.2) is 47.1 Å². The third-order valence-electron chi connectivity index (χ3n) is 4.85. The molecule has 1 amide bonds. The summed E-state index contributed by atoms with van der Waals surface area (Å²) in [7, 11) is 0. The van der Waals surface area contributed by atoms with Crippen LogP contribution in [0.1, 0.15) is 46.0 Å². The Morgan fingerprint density at radius 1 is 1.26 bits per heavy atom. The van der Waals surface area contributed by atoms with Gasteiger partial charge in [-0.2, -0.15) is 0 Å². The van der Waals surface area contributed by atoms with Gasteiger partial charge in [0.1, 0.15) is 0 Å². The fourth-order valence-corrected chi connectivity index (χ4v) is 4.23. The second kappa shape index (κ2) is 9.74. The molecule has 2 aromatic rings. The van der Waals surface area contributed by atoms with Crippen LogP contribution < -0.4 is 5.32 Å². The van der Waals surface area contributed by atoms with Crippen molar-refractivity contribution in [3.05, 3.63) is 42.0 Å². The van der Waals surface area contributed by atoms with Gasteiger partial charge in [-0.25, -0.2) is 0 Å². The van der Waals surface area contributed by atoms with Crippen molar-refractivity contribution < 1.29 is 4.79 Å². The van der Waals surface area contributed by atoms with Gasteiger partial charge in [-0.15, -0.1) is 10.2 Å². The zero-order valence-corrected chi connectivity index (χ0v) is 17.0. The van der Waals surface area contributed by atoms with Gasteiger partial charge in [-0.3, -0.25) is 4.79 Å². The summed E-state index contributed by atoms with van der Waals surface area (Å²) in [6, 6.07) is 10.0. The third kappa shape index (κ3) is 5.22. The number of benzene rings is 1. The van der Waals surface area contributed by atoms with Crippen molar-refractivity contribution >= 4 is 17.7 Å². The lowest BCUT2D eigenvalue weighted by Gasteiger charge is -2.15. The quantitative estimate of drug-likeness (QED) is 0.539. The summed E-state index contributed by atoms with van der Waals surface area (Å²) in [5, 5.41) is 12.3. The number of allylic oxidation sites excluding steroid dienone is 1. The van der Waals surface area contributed by atoms with Crippen molar-refractivity contribution in [1.82, 2.24) is 20.1 Å². The van der Waals surface area contributed by atoms with Crippen LogP contribution in [0.25, 0.3) is 11.4 Å². The average Bonchev–Trinajstić information content (AvgIpc) is 3.11. The average molecular weight is 385 g/mol. The Bertz CT molecular complexity index is 785. The van der Waals surface area contributed by atoms with Crippen molar-refractivity contribution in [2.75, 3.05) is 6.54 Å². The molecule has 1 aliphatic rings. The molecule has 1 atom stereocenters. The molecule has 1 heterocycles. The first-order valence-electron chi connectivity index (χ1n) is 9.80. The molecule has 5 nitrogen and oxygen atoms in total. The van der Waals surface area contributed by atoms with Crippen molar-refractivity contribution in [1.29, 1.82) is 0 Å². The lowest BCUT2D eigenvalue weighted by molar-refractivity contribution is -0.120. The Labute approximate surface area is 165 Å². The summed E-state index contributed by atoms with van der Waals surface area (Å²) in [4.78, 5) is 12.5. The highest BCUT2D eigenvalue weighted by Gasteiger charge is 2.20. The summed E-state index contributed by atoms with van der Waals surface area (Å²) in [6.45, 7) is 5.48. The second-order valence-electron chi connectivity index (χ2n) is 6.83. The van der Waals surface area contributed by atoms with Gasteiger partial charge in [-0.05, 0) is 46.0 Å². The van der Waals surface area contributed by atoms with Gasteiger partial charge in [0.05, 0.1) is 5.25 Å². The number of nitrogens with one attached hydrogen (secondary N) is 1. The first-order valence-corrected chi connectivity index (χ1v) is 10.7. The first kappa shape index (κ1) is 19.7. The highest BCUT2D eigenvalue weighted by atomic mass is 32.2. The molecule has 3 rings (SSSR count). The minimum absolute atomic E-state index is 0.0586. The van der Waals surface area contributed by atoms with E-state index in [9.17, 15) is 4.79 Å². The van der Waals surface area contributed by atoms with Gasteiger partial charge < -0.3 is 9.88 Å². The van der Waals surface area contributed by atoms with E-state index in [1.165, 1.54) is 43.0 Å². The molecule has 0 saturated carbocycles. The molecule has 1 aromatic heterocycles. The van der Waals surface area contributed by atoms with Crippen LogP contribution in [0.2, 0.25) is 0 Å². The van der Waals surface area contributed by atoms with Crippen LogP contribution >= 0.6 is 11.8 Å². The zero-order chi connectivity index (χ0) is 19.1. The highest BCUT2D eigenvalue weighted by Crippen LogP contribution is 2.27. The van der Waals surface area contributed by atoms with Gasteiger partial charge in [0.2, 0.25) is 5.91 Å². The van der Waals surface area contributed by atoms with E-state index in [1.807, 2.05) is 37.3 Å².